The van der Waals surface area contributed by atoms with E-state index in [4.69, 9.17) is 9.47 Å². The SMILES string of the molecule is CN=C(NCCCOCc1ccc(OC)cc1)NCCC(C)C.I. The van der Waals surface area contributed by atoms with Gasteiger partial charge in [0.25, 0.3) is 0 Å². The number of halogens is 1. The lowest BCUT2D eigenvalue weighted by Gasteiger charge is -2.13. The maximum Gasteiger partial charge on any atom is 0.190 e. The number of ether oxygens (including phenoxy) is 2. The summed E-state index contributed by atoms with van der Waals surface area (Å²) in [6.07, 6.45) is 2.09. The van der Waals surface area contributed by atoms with E-state index in [9.17, 15) is 0 Å². The van der Waals surface area contributed by atoms with Crippen molar-refractivity contribution in [2.45, 2.75) is 33.3 Å². The van der Waals surface area contributed by atoms with Gasteiger partial charge in [0.2, 0.25) is 0 Å². The van der Waals surface area contributed by atoms with Crippen LogP contribution in [0.2, 0.25) is 0 Å². The summed E-state index contributed by atoms with van der Waals surface area (Å²) < 4.78 is 10.8. The number of rotatable bonds is 10. The van der Waals surface area contributed by atoms with Gasteiger partial charge in [0.1, 0.15) is 5.75 Å². The molecule has 0 fully saturated rings. The highest BCUT2D eigenvalue weighted by molar-refractivity contribution is 14.0. The first-order chi connectivity index (χ1) is 11.2. The molecule has 0 amide bonds. The Morgan fingerprint density at radius 1 is 1.12 bits per heavy atom. The summed E-state index contributed by atoms with van der Waals surface area (Å²) in [5, 5.41) is 6.61. The lowest BCUT2D eigenvalue weighted by Crippen LogP contribution is -2.38. The molecule has 0 bridgehead atoms. The standard InChI is InChI=1S/C18H31N3O2.HI/c1-15(2)10-12-21-18(19-3)20-11-5-13-23-14-16-6-8-17(22-4)9-7-16;/h6-9,15H,5,10-14H2,1-4H3,(H2,19,20,21);1H. The molecule has 0 spiro atoms. The third-order valence-electron chi connectivity index (χ3n) is 3.42. The van der Waals surface area contributed by atoms with Gasteiger partial charge < -0.3 is 20.1 Å². The first-order valence-corrected chi connectivity index (χ1v) is 8.31. The van der Waals surface area contributed by atoms with Crippen molar-refractivity contribution in [1.82, 2.24) is 10.6 Å². The fourth-order valence-corrected chi connectivity index (χ4v) is 1.99. The maximum atomic E-state index is 5.68. The summed E-state index contributed by atoms with van der Waals surface area (Å²) in [5.74, 6) is 2.43. The van der Waals surface area contributed by atoms with Gasteiger partial charge >= 0.3 is 0 Å². The van der Waals surface area contributed by atoms with Crippen molar-refractivity contribution in [2.75, 3.05) is 33.9 Å². The maximum absolute atomic E-state index is 5.68. The zero-order valence-corrected chi connectivity index (χ0v) is 17.6. The molecule has 0 radical (unpaired) electrons. The smallest absolute Gasteiger partial charge is 0.190 e. The average molecular weight is 449 g/mol. The van der Waals surface area contributed by atoms with E-state index in [-0.39, 0.29) is 24.0 Å². The van der Waals surface area contributed by atoms with E-state index in [0.29, 0.717) is 12.5 Å². The summed E-state index contributed by atoms with van der Waals surface area (Å²) >= 11 is 0. The van der Waals surface area contributed by atoms with Gasteiger partial charge in [0.15, 0.2) is 5.96 Å². The molecule has 0 aliphatic heterocycles. The van der Waals surface area contributed by atoms with Gasteiger partial charge in [0.05, 0.1) is 13.7 Å². The molecule has 24 heavy (non-hydrogen) atoms. The minimum atomic E-state index is 0. The minimum absolute atomic E-state index is 0. The summed E-state index contributed by atoms with van der Waals surface area (Å²) in [6, 6.07) is 7.95. The van der Waals surface area contributed by atoms with E-state index in [1.165, 1.54) is 0 Å². The highest BCUT2D eigenvalue weighted by atomic mass is 127. The van der Waals surface area contributed by atoms with Crippen molar-refractivity contribution < 1.29 is 9.47 Å². The largest absolute Gasteiger partial charge is 0.497 e. The number of guanidine groups is 1. The number of aliphatic imine (C=N–C) groups is 1. The summed E-state index contributed by atoms with van der Waals surface area (Å²) in [5.41, 5.74) is 1.16. The third-order valence-corrected chi connectivity index (χ3v) is 3.42. The lowest BCUT2D eigenvalue weighted by molar-refractivity contribution is 0.119. The summed E-state index contributed by atoms with van der Waals surface area (Å²) in [7, 11) is 3.47. The topological polar surface area (TPSA) is 54.9 Å². The Labute approximate surface area is 163 Å². The monoisotopic (exact) mass is 449 g/mol. The van der Waals surface area contributed by atoms with Crippen LogP contribution >= 0.6 is 24.0 Å². The second-order valence-corrected chi connectivity index (χ2v) is 5.86. The van der Waals surface area contributed by atoms with Gasteiger partial charge in [-0.25, -0.2) is 0 Å². The van der Waals surface area contributed by atoms with Crippen LogP contribution in [-0.4, -0.2) is 39.8 Å². The van der Waals surface area contributed by atoms with E-state index in [1.54, 1.807) is 14.2 Å². The molecule has 0 heterocycles. The van der Waals surface area contributed by atoms with E-state index in [1.807, 2.05) is 24.3 Å². The molecule has 1 aromatic rings. The first kappa shape index (κ1) is 23.0. The van der Waals surface area contributed by atoms with Crippen LogP contribution in [0.25, 0.3) is 0 Å². The zero-order chi connectivity index (χ0) is 16.9. The minimum Gasteiger partial charge on any atom is -0.497 e. The fraction of sp³-hybridized carbons (Fsp3) is 0.611. The van der Waals surface area contributed by atoms with Crippen LogP contribution < -0.4 is 15.4 Å². The molecule has 1 rings (SSSR count). The van der Waals surface area contributed by atoms with E-state index in [2.05, 4.69) is 29.5 Å². The quantitative estimate of drug-likeness (QED) is 0.249. The predicted octanol–water partition coefficient (Wildman–Crippen LogP) is 3.43. The lowest BCUT2D eigenvalue weighted by atomic mass is 10.1. The van der Waals surface area contributed by atoms with Crippen LogP contribution in [0.3, 0.4) is 0 Å². The molecule has 0 saturated heterocycles. The van der Waals surface area contributed by atoms with Crippen LogP contribution in [0.5, 0.6) is 5.75 Å². The molecule has 5 nitrogen and oxygen atoms in total. The third kappa shape index (κ3) is 10.7. The molecule has 0 atom stereocenters. The van der Waals surface area contributed by atoms with Crippen molar-refractivity contribution in [1.29, 1.82) is 0 Å². The van der Waals surface area contributed by atoms with Crippen LogP contribution in [0.15, 0.2) is 29.3 Å². The molecule has 0 aromatic heterocycles. The van der Waals surface area contributed by atoms with Crippen molar-refractivity contribution in [2.24, 2.45) is 10.9 Å². The fourth-order valence-electron chi connectivity index (χ4n) is 1.99. The second-order valence-electron chi connectivity index (χ2n) is 5.86. The van der Waals surface area contributed by atoms with E-state index in [0.717, 1.165) is 49.8 Å². The Morgan fingerprint density at radius 2 is 1.79 bits per heavy atom. The number of hydrogen-bond acceptors (Lipinski definition) is 3. The highest BCUT2D eigenvalue weighted by Crippen LogP contribution is 2.11. The normalized spacial score (nSPS) is 11.1. The molecule has 1 aromatic carbocycles. The molecular formula is C18H32IN3O2. The van der Waals surface area contributed by atoms with Crippen LogP contribution in [0.4, 0.5) is 0 Å². The highest BCUT2D eigenvalue weighted by Gasteiger charge is 1.99. The summed E-state index contributed by atoms with van der Waals surface area (Å²) in [6.45, 7) is 7.60. The van der Waals surface area contributed by atoms with Gasteiger partial charge in [-0.2, -0.15) is 0 Å². The number of nitrogens with zero attached hydrogens (tertiary/aromatic N) is 1. The van der Waals surface area contributed by atoms with Crippen molar-refractivity contribution >= 4 is 29.9 Å². The Hall–Kier alpha value is -1.02. The molecule has 0 saturated carbocycles. The molecule has 6 heteroatoms. The Kier molecular flexibility index (Phi) is 13.7. The van der Waals surface area contributed by atoms with Gasteiger partial charge in [0, 0.05) is 26.7 Å². The molecule has 138 valence electrons. The molecule has 0 aliphatic rings. The number of methoxy groups -OCH3 is 1. The van der Waals surface area contributed by atoms with Gasteiger partial charge in [-0.1, -0.05) is 26.0 Å². The Balaban J connectivity index is 0.00000529. The van der Waals surface area contributed by atoms with Crippen LogP contribution in [-0.2, 0) is 11.3 Å². The van der Waals surface area contributed by atoms with E-state index < -0.39 is 0 Å². The molecule has 0 unspecified atom stereocenters. The van der Waals surface area contributed by atoms with Gasteiger partial charge in [-0.3, -0.25) is 4.99 Å². The predicted molar refractivity (Wildman–Crippen MR) is 112 cm³/mol. The Bertz CT molecular complexity index is 450. The molecule has 2 N–H and O–H groups in total. The van der Waals surface area contributed by atoms with Crippen LogP contribution in [0, 0.1) is 5.92 Å². The first-order valence-electron chi connectivity index (χ1n) is 8.31. The second kappa shape index (κ2) is 14.3. The van der Waals surface area contributed by atoms with Crippen molar-refractivity contribution in [3.63, 3.8) is 0 Å². The van der Waals surface area contributed by atoms with E-state index >= 15 is 0 Å². The van der Waals surface area contributed by atoms with Gasteiger partial charge in [-0.15, -0.1) is 24.0 Å². The van der Waals surface area contributed by atoms with Gasteiger partial charge in [-0.05, 0) is 36.5 Å². The molecule has 0 aliphatic carbocycles. The number of nitrogens with one attached hydrogen (secondary N) is 2. The summed E-state index contributed by atoms with van der Waals surface area (Å²) in [4.78, 5) is 4.21. The zero-order valence-electron chi connectivity index (χ0n) is 15.3. The molecular weight excluding hydrogens is 417 g/mol. The average Bonchev–Trinajstić information content (AvgIpc) is 2.56. The van der Waals surface area contributed by atoms with Crippen molar-refractivity contribution in [3.8, 4) is 5.75 Å². The number of hydrogen-bond donors (Lipinski definition) is 2. The van der Waals surface area contributed by atoms with Crippen molar-refractivity contribution in [3.05, 3.63) is 29.8 Å². The Morgan fingerprint density at radius 3 is 2.38 bits per heavy atom. The van der Waals surface area contributed by atoms with Crippen LogP contribution in [0.1, 0.15) is 32.3 Å². The number of benzene rings is 1.